The molecule has 1 amide bonds. The fourth-order valence-corrected chi connectivity index (χ4v) is 4.39. The van der Waals surface area contributed by atoms with E-state index >= 15 is 0 Å². The first-order valence-electron chi connectivity index (χ1n) is 11.3. The molecule has 1 N–H and O–H groups in total. The molecule has 0 radical (unpaired) electrons. The van der Waals surface area contributed by atoms with Crippen LogP contribution in [0.3, 0.4) is 0 Å². The molecule has 2 heterocycles. The minimum absolute atomic E-state index is 0.0500. The van der Waals surface area contributed by atoms with E-state index in [1.807, 2.05) is 0 Å². The zero-order chi connectivity index (χ0) is 23.9. The van der Waals surface area contributed by atoms with Gasteiger partial charge in [0.25, 0.3) is 0 Å². The van der Waals surface area contributed by atoms with Gasteiger partial charge in [-0.3, -0.25) is 9.78 Å². The molecule has 5 nitrogen and oxygen atoms in total. The molecular formula is C26H26ClF2N3O2. The minimum atomic E-state index is -0.716. The van der Waals surface area contributed by atoms with Crippen molar-refractivity contribution in [1.29, 1.82) is 0 Å². The Hall–Kier alpha value is -3.03. The van der Waals surface area contributed by atoms with E-state index in [0.717, 1.165) is 19.3 Å². The third kappa shape index (κ3) is 5.72. The molecule has 0 saturated carbocycles. The largest absolute Gasteiger partial charge is 0.489 e. The molecule has 0 bridgehead atoms. The molecule has 3 aromatic rings. The van der Waals surface area contributed by atoms with Crippen molar-refractivity contribution in [1.82, 2.24) is 15.2 Å². The van der Waals surface area contributed by atoms with E-state index < -0.39 is 17.7 Å². The lowest BCUT2D eigenvalue weighted by atomic mass is 9.92. The van der Waals surface area contributed by atoms with E-state index in [1.54, 1.807) is 47.4 Å². The van der Waals surface area contributed by atoms with Crippen LogP contribution in [0, 0.1) is 17.6 Å². The van der Waals surface area contributed by atoms with Crippen LogP contribution < -0.4 is 10.1 Å². The minimum Gasteiger partial charge on any atom is -0.489 e. The molecule has 0 spiro atoms. The van der Waals surface area contributed by atoms with Crippen LogP contribution in [-0.2, 0) is 4.79 Å². The number of ether oxygens (including phenoxy) is 1. The second-order valence-corrected chi connectivity index (χ2v) is 8.62. The smallest absolute Gasteiger partial charge is 0.226 e. The Morgan fingerprint density at radius 2 is 1.82 bits per heavy atom. The Morgan fingerprint density at radius 3 is 2.53 bits per heavy atom. The number of hydrogen-bond acceptors (Lipinski definition) is 4. The molecule has 1 aromatic heterocycles. The van der Waals surface area contributed by atoms with Crippen LogP contribution in [0.15, 0.2) is 67.0 Å². The average Bonchev–Trinajstić information content (AvgIpc) is 2.86. The summed E-state index contributed by atoms with van der Waals surface area (Å²) in [5.41, 5.74) is 1.04. The van der Waals surface area contributed by atoms with Gasteiger partial charge in [-0.05, 0) is 61.8 Å². The summed E-state index contributed by atoms with van der Waals surface area (Å²) in [5.74, 6) is -1.17. The van der Waals surface area contributed by atoms with Crippen molar-refractivity contribution in [2.24, 2.45) is 5.92 Å². The second kappa shape index (κ2) is 11.4. The average molecular weight is 486 g/mol. The predicted octanol–water partition coefficient (Wildman–Crippen LogP) is 5.01. The van der Waals surface area contributed by atoms with Gasteiger partial charge in [-0.25, -0.2) is 8.78 Å². The van der Waals surface area contributed by atoms with Gasteiger partial charge in [0.15, 0.2) is 11.6 Å². The third-order valence-electron chi connectivity index (χ3n) is 5.99. The summed E-state index contributed by atoms with van der Waals surface area (Å²) in [7, 11) is 0. The van der Waals surface area contributed by atoms with Gasteiger partial charge in [0.05, 0.1) is 18.8 Å². The number of halogens is 3. The summed E-state index contributed by atoms with van der Waals surface area (Å²) in [5, 5.41) is 3.81. The maximum absolute atomic E-state index is 15.0. The second-order valence-electron chi connectivity index (χ2n) is 8.19. The first-order chi connectivity index (χ1) is 16.5. The van der Waals surface area contributed by atoms with E-state index in [4.69, 9.17) is 16.3 Å². The third-order valence-corrected chi connectivity index (χ3v) is 6.25. The topological polar surface area (TPSA) is 54.5 Å². The summed E-state index contributed by atoms with van der Waals surface area (Å²) in [6.45, 7) is 1.68. The fraction of sp³-hybridized carbons (Fsp3) is 0.308. The lowest BCUT2D eigenvalue weighted by Crippen LogP contribution is -2.45. The molecule has 34 heavy (non-hydrogen) atoms. The number of aromatic nitrogens is 1. The number of carbonyl (C=O) groups is 1. The molecule has 1 aliphatic heterocycles. The summed E-state index contributed by atoms with van der Waals surface area (Å²) in [6.07, 6.45) is 4.02. The molecular weight excluding hydrogens is 460 g/mol. The first-order valence-corrected chi connectivity index (χ1v) is 11.7. The molecule has 8 heteroatoms. The zero-order valence-corrected chi connectivity index (χ0v) is 19.3. The number of pyridine rings is 1. The van der Waals surface area contributed by atoms with Crippen LogP contribution in [0.2, 0.25) is 5.02 Å². The van der Waals surface area contributed by atoms with Gasteiger partial charge in [0.1, 0.15) is 12.4 Å². The normalized spacial score (nSPS) is 15.0. The Balaban J connectivity index is 1.69. The Labute approximate surface area is 202 Å². The number of amides is 1. The highest BCUT2D eigenvalue weighted by Crippen LogP contribution is 2.33. The molecule has 1 atom stereocenters. The lowest BCUT2D eigenvalue weighted by Gasteiger charge is -2.36. The number of benzene rings is 2. The van der Waals surface area contributed by atoms with Crippen LogP contribution in [0.1, 0.15) is 30.0 Å². The van der Waals surface area contributed by atoms with Crippen molar-refractivity contribution in [2.75, 3.05) is 26.2 Å². The predicted molar refractivity (Wildman–Crippen MR) is 127 cm³/mol. The van der Waals surface area contributed by atoms with Crippen LogP contribution >= 0.6 is 11.6 Å². The molecule has 2 aromatic carbocycles. The van der Waals surface area contributed by atoms with Gasteiger partial charge < -0.3 is 15.0 Å². The van der Waals surface area contributed by atoms with E-state index in [1.165, 1.54) is 18.3 Å². The fourth-order valence-electron chi connectivity index (χ4n) is 4.27. The number of rotatable bonds is 8. The van der Waals surface area contributed by atoms with E-state index in [-0.39, 0.29) is 30.7 Å². The van der Waals surface area contributed by atoms with Crippen LogP contribution in [-0.4, -0.2) is 42.0 Å². The van der Waals surface area contributed by atoms with Crippen molar-refractivity contribution in [3.05, 3.63) is 94.8 Å². The van der Waals surface area contributed by atoms with Crippen molar-refractivity contribution < 1.29 is 18.3 Å². The SMILES string of the molecule is O=C(C1CCNCC1)N(CCOc1ccccc1F)[C@@H](c1ccc(Cl)cc1)c1ccncc1F. The number of hydrogen-bond donors (Lipinski definition) is 1. The van der Waals surface area contributed by atoms with Gasteiger partial charge in [-0.2, -0.15) is 0 Å². The van der Waals surface area contributed by atoms with Gasteiger partial charge >= 0.3 is 0 Å². The van der Waals surface area contributed by atoms with E-state index in [0.29, 0.717) is 29.0 Å². The highest BCUT2D eigenvalue weighted by Gasteiger charge is 2.33. The molecule has 4 rings (SSSR count). The lowest BCUT2D eigenvalue weighted by molar-refractivity contribution is -0.138. The number of para-hydroxylation sites is 1. The van der Waals surface area contributed by atoms with Gasteiger partial charge in [0.2, 0.25) is 5.91 Å². The van der Waals surface area contributed by atoms with E-state index in [2.05, 4.69) is 10.3 Å². The molecule has 1 aliphatic rings. The Bertz CT molecular complexity index is 1110. The summed E-state index contributed by atoms with van der Waals surface area (Å²) in [6, 6.07) is 14.0. The number of nitrogens with one attached hydrogen (secondary N) is 1. The van der Waals surface area contributed by atoms with Crippen molar-refractivity contribution in [3.8, 4) is 5.75 Å². The maximum atomic E-state index is 15.0. The Kier molecular flexibility index (Phi) is 8.08. The summed E-state index contributed by atoms with van der Waals surface area (Å²) < 4.78 is 34.7. The standard InChI is InChI=1S/C26H26ClF2N3O2/c27-20-7-5-18(6-8-20)25(21-11-14-31-17-23(21)29)32(26(33)19-9-12-30-13-10-19)15-16-34-24-4-2-1-3-22(24)28/h1-8,11,14,17,19,25,30H,9-10,12-13,15-16H2/t25-/m0/s1. The Morgan fingerprint density at radius 1 is 1.09 bits per heavy atom. The molecule has 0 unspecified atom stereocenters. The number of nitrogens with zero attached hydrogens (tertiary/aromatic N) is 2. The van der Waals surface area contributed by atoms with Gasteiger partial charge in [-0.15, -0.1) is 0 Å². The molecule has 178 valence electrons. The van der Waals surface area contributed by atoms with Crippen LogP contribution in [0.25, 0.3) is 0 Å². The van der Waals surface area contributed by atoms with Crippen molar-refractivity contribution in [2.45, 2.75) is 18.9 Å². The molecule has 1 saturated heterocycles. The van der Waals surface area contributed by atoms with Crippen LogP contribution in [0.5, 0.6) is 5.75 Å². The van der Waals surface area contributed by atoms with Gasteiger partial charge in [0, 0.05) is 22.7 Å². The summed E-state index contributed by atoms with van der Waals surface area (Å²) >= 11 is 6.10. The highest BCUT2D eigenvalue weighted by molar-refractivity contribution is 6.30. The molecule has 1 fully saturated rings. The highest BCUT2D eigenvalue weighted by atomic mass is 35.5. The van der Waals surface area contributed by atoms with Crippen molar-refractivity contribution >= 4 is 17.5 Å². The molecule has 0 aliphatic carbocycles. The number of carbonyl (C=O) groups excluding carboxylic acids is 1. The number of piperidine rings is 1. The zero-order valence-electron chi connectivity index (χ0n) is 18.6. The first kappa shape index (κ1) is 24.1. The monoisotopic (exact) mass is 485 g/mol. The maximum Gasteiger partial charge on any atom is 0.226 e. The van der Waals surface area contributed by atoms with Crippen molar-refractivity contribution in [3.63, 3.8) is 0 Å². The van der Waals surface area contributed by atoms with Crippen LogP contribution in [0.4, 0.5) is 8.78 Å². The summed E-state index contributed by atoms with van der Waals surface area (Å²) in [4.78, 5) is 19.3. The van der Waals surface area contributed by atoms with Gasteiger partial charge in [-0.1, -0.05) is 35.9 Å². The quantitative estimate of drug-likeness (QED) is 0.487. The van der Waals surface area contributed by atoms with E-state index in [9.17, 15) is 13.6 Å².